The summed E-state index contributed by atoms with van der Waals surface area (Å²) >= 11 is 0. The average molecular weight is 204 g/mol. The fourth-order valence-corrected chi connectivity index (χ4v) is 2.40. The van der Waals surface area contributed by atoms with Gasteiger partial charge >= 0.3 is 0 Å². The van der Waals surface area contributed by atoms with Gasteiger partial charge in [0.1, 0.15) is 11.6 Å². The molecule has 4 heteroatoms. The number of aromatic nitrogens is 3. The van der Waals surface area contributed by atoms with Crippen molar-refractivity contribution in [1.29, 1.82) is 5.26 Å². The van der Waals surface area contributed by atoms with Gasteiger partial charge in [-0.05, 0) is 26.7 Å². The van der Waals surface area contributed by atoms with E-state index >= 15 is 0 Å². The maximum absolute atomic E-state index is 9.11. The monoisotopic (exact) mass is 204 g/mol. The summed E-state index contributed by atoms with van der Waals surface area (Å²) in [4.78, 5) is 4.30. The van der Waals surface area contributed by atoms with Crippen molar-refractivity contribution < 1.29 is 0 Å². The summed E-state index contributed by atoms with van der Waals surface area (Å²) in [5, 5.41) is 13.5. The van der Waals surface area contributed by atoms with E-state index in [9.17, 15) is 0 Å². The molecule has 0 saturated heterocycles. The van der Waals surface area contributed by atoms with E-state index in [-0.39, 0.29) is 12.0 Å². The van der Waals surface area contributed by atoms with Crippen LogP contribution in [-0.2, 0) is 0 Å². The predicted octanol–water partition coefficient (Wildman–Crippen LogP) is 2.15. The summed E-state index contributed by atoms with van der Waals surface area (Å²) in [5.41, 5.74) is 0. The molecule has 1 aliphatic carbocycles. The van der Waals surface area contributed by atoms with Crippen molar-refractivity contribution in [2.45, 2.75) is 45.6 Å². The van der Waals surface area contributed by atoms with Gasteiger partial charge in [-0.1, -0.05) is 12.8 Å². The molecule has 0 bridgehead atoms. The summed E-state index contributed by atoms with van der Waals surface area (Å²) in [5.74, 6) is 1.84. The van der Waals surface area contributed by atoms with E-state index < -0.39 is 0 Å². The van der Waals surface area contributed by atoms with Crippen LogP contribution < -0.4 is 0 Å². The molecule has 80 valence electrons. The second kappa shape index (κ2) is 4.01. The predicted molar refractivity (Wildman–Crippen MR) is 56.1 cm³/mol. The van der Waals surface area contributed by atoms with Crippen LogP contribution in [-0.4, -0.2) is 14.8 Å². The Morgan fingerprint density at radius 3 is 2.67 bits per heavy atom. The lowest BCUT2D eigenvalue weighted by atomic mass is 9.85. The third-order valence-corrected chi connectivity index (χ3v) is 3.12. The molecular formula is C11H16N4. The number of aryl methyl sites for hydroxylation is 2. The van der Waals surface area contributed by atoms with Crippen LogP contribution in [0.15, 0.2) is 0 Å². The van der Waals surface area contributed by atoms with E-state index in [1.54, 1.807) is 0 Å². The van der Waals surface area contributed by atoms with Gasteiger partial charge in [-0.25, -0.2) is 9.67 Å². The highest BCUT2D eigenvalue weighted by molar-refractivity contribution is 4.98. The Morgan fingerprint density at radius 1 is 1.33 bits per heavy atom. The zero-order chi connectivity index (χ0) is 10.8. The molecule has 15 heavy (non-hydrogen) atoms. The molecule has 2 unspecified atom stereocenters. The fourth-order valence-electron chi connectivity index (χ4n) is 2.40. The molecule has 2 rings (SSSR count). The molecule has 0 spiro atoms. The first-order valence-corrected chi connectivity index (χ1v) is 5.51. The second-order valence-corrected chi connectivity index (χ2v) is 4.24. The van der Waals surface area contributed by atoms with E-state index in [4.69, 9.17) is 5.26 Å². The van der Waals surface area contributed by atoms with Crippen molar-refractivity contribution in [2.75, 3.05) is 0 Å². The van der Waals surface area contributed by atoms with Crippen LogP contribution in [0.25, 0.3) is 0 Å². The van der Waals surface area contributed by atoms with Crippen LogP contribution in [0, 0.1) is 31.1 Å². The van der Waals surface area contributed by atoms with E-state index in [0.717, 1.165) is 24.5 Å². The van der Waals surface area contributed by atoms with Crippen molar-refractivity contribution in [3.05, 3.63) is 11.6 Å². The Hall–Kier alpha value is -1.37. The highest BCUT2D eigenvalue weighted by Crippen LogP contribution is 2.33. The van der Waals surface area contributed by atoms with Crippen LogP contribution in [0.2, 0.25) is 0 Å². The molecule has 2 atom stereocenters. The molecule has 1 heterocycles. The van der Waals surface area contributed by atoms with Crippen LogP contribution in [0.1, 0.15) is 43.4 Å². The second-order valence-electron chi connectivity index (χ2n) is 4.24. The lowest BCUT2D eigenvalue weighted by Gasteiger charge is -2.27. The van der Waals surface area contributed by atoms with Crippen molar-refractivity contribution in [3.63, 3.8) is 0 Å². The Morgan fingerprint density at radius 2 is 2.07 bits per heavy atom. The molecule has 1 saturated carbocycles. The minimum Gasteiger partial charge on any atom is -0.246 e. The highest BCUT2D eigenvalue weighted by Gasteiger charge is 2.28. The molecule has 1 aromatic rings. The summed E-state index contributed by atoms with van der Waals surface area (Å²) < 4.78 is 1.95. The van der Waals surface area contributed by atoms with E-state index in [2.05, 4.69) is 16.2 Å². The third-order valence-electron chi connectivity index (χ3n) is 3.12. The summed E-state index contributed by atoms with van der Waals surface area (Å²) in [6.07, 6.45) is 4.42. The molecule has 0 amide bonds. The van der Waals surface area contributed by atoms with Crippen molar-refractivity contribution >= 4 is 0 Å². The van der Waals surface area contributed by atoms with Crippen molar-refractivity contribution in [1.82, 2.24) is 14.8 Å². The molecule has 0 radical (unpaired) electrons. The molecule has 0 aromatic carbocycles. The van der Waals surface area contributed by atoms with Crippen LogP contribution in [0.3, 0.4) is 0 Å². The molecule has 1 fully saturated rings. The number of nitriles is 1. The number of hydrogen-bond donors (Lipinski definition) is 0. The van der Waals surface area contributed by atoms with Crippen LogP contribution in [0.4, 0.5) is 0 Å². The van der Waals surface area contributed by atoms with Gasteiger partial charge in [0.25, 0.3) is 0 Å². The number of nitrogens with zero attached hydrogens (tertiary/aromatic N) is 4. The quantitative estimate of drug-likeness (QED) is 0.704. The van der Waals surface area contributed by atoms with Crippen molar-refractivity contribution in [3.8, 4) is 6.07 Å². The summed E-state index contributed by atoms with van der Waals surface area (Å²) in [6, 6.07) is 2.64. The smallest absolute Gasteiger partial charge is 0.147 e. The molecule has 0 N–H and O–H groups in total. The Balaban J connectivity index is 2.28. The zero-order valence-corrected chi connectivity index (χ0v) is 9.27. The van der Waals surface area contributed by atoms with Gasteiger partial charge < -0.3 is 0 Å². The first kappa shape index (κ1) is 10.2. The van der Waals surface area contributed by atoms with Gasteiger partial charge in [-0.3, -0.25) is 0 Å². The Labute approximate surface area is 89.9 Å². The van der Waals surface area contributed by atoms with Gasteiger partial charge in [0, 0.05) is 0 Å². The Kier molecular flexibility index (Phi) is 2.72. The van der Waals surface area contributed by atoms with Gasteiger partial charge in [-0.15, -0.1) is 0 Å². The van der Waals surface area contributed by atoms with E-state index in [0.29, 0.717) is 0 Å². The fraction of sp³-hybridized carbons (Fsp3) is 0.727. The zero-order valence-electron chi connectivity index (χ0n) is 9.27. The lowest BCUT2D eigenvalue weighted by molar-refractivity contribution is 0.265. The maximum Gasteiger partial charge on any atom is 0.147 e. The van der Waals surface area contributed by atoms with Crippen LogP contribution in [0.5, 0.6) is 0 Å². The minimum atomic E-state index is 0.110. The standard InChI is InChI=1S/C11H16N4/c1-8-13-9(2)15(14-8)11-6-4-3-5-10(11)7-12/h10-11H,3-6H2,1-2H3. The van der Waals surface area contributed by atoms with Gasteiger partial charge in [0.2, 0.25) is 0 Å². The third kappa shape index (κ3) is 1.87. The molecule has 4 nitrogen and oxygen atoms in total. The van der Waals surface area contributed by atoms with Gasteiger partial charge in [0.05, 0.1) is 18.0 Å². The van der Waals surface area contributed by atoms with Crippen molar-refractivity contribution in [2.24, 2.45) is 5.92 Å². The van der Waals surface area contributed by atoms with Gasteiger partial charge in [-0.2, -0.15) is 10.4 Å². The lowest BCUT2D eigenvalue weighted by Crippen LogP contribution is -2.24. The molecular weight excluding hydrogens is 188 g/mol. The largest absolute Gasteiger partial charge is 0.246 e. The topological polar surface area (TPSA) is 54.5 Å². The van der Waals surface area contributed by atoms with E-state index in [1.807, 2.05) is 18.5 Å². The first-order valence-electron chi connectivity index (χ1n) is 5.51. The number of rotatable bonds is 1. The average Bonchev–Trinajstić information content (AvgIpc) is 2.57. The van der Waals surface area contributed by atoms with Crippen LogP contribution >= 0.6 is 0 Å². The first-order chi connectivity index (χ1) is 7.22. The molecule has 0 aliphatic heterocycles. The van der Waals surface area contributed by atoms with E-state index in [1.165, 1.54) is 12.8 Å². The normalized spacial score (nSPS) is 26.2. The maximum atomic E-state index is 9.11. The summed E-state index contributed by atoms with van der Waals surface area (Å²) in [7, 11) is 0. The Bertz CT molecular complexity index is 388. The molecule has 1 aliphatic rings. The SMILES string of the molecule is Cc1nc(C)n(C2CCCCC2C#N)n1. The molecule has 1 aromatic heterocycles. The number of hydrogen-bond acceptors (Lipinski definition) is 3. The van der Waals surface area contributed by atoms with Gasteiger partial charge in [0.15, 0.2) is 0 Å². The summed E-state index contributed by atoms with van der Waals surface area (Å²) in [6.45, 7) is 3.86. The highest BCUT2D eigenvalue weighted by atomic mass is 15.4. The minimum absolute atomic E-state index is 0.110.